The van der Waals surface area contributed by atoms with Crippen molar-refractivity contribution in [1.82, 2.24) is 10.2 Å². The number of phenolic OH excluding ortho intramolecular Hbond substituents is 1. The van der Waals surface area contributed by atoms with Gasteiger partial charge in [-0.1, -0.05) is 0 Å². The van der Waals surface area contributed by atoms with Crippen LogP contribution in [0.1, 0.15) is 36.0 Å². The van der Waals surface area contributed by atoms with E-state index in [-0.39, 0.29) is 47.7 Å². The van der Waals surface area contributed by atoms with Gasteiger partial charge in [0.15, 0.2) is 11.4 Å². The minimum atomic E-state index is -2.71. The van der Waals surface area contributed by atoms with Crippen LogP contribution in [0.5, 0.6) is 5.75 Å². The summed E-state index contributed by atoms with van der Waals surface area (Å²) in [7, 11) is 6.63. The number of primary amides is 1. The highest BCUT2D eigenvalue weighted by Gasteiger charge is 2.64. The molecule has 13 heteroatoms. The Bertz CT molecular complexity index is 1470. The van der Waals surface area contributed by atoms with Gasteiger partial charge >= 0.3 is 0 Å². The van der Waals surface area contributed by atoms with Gasteiger partial charge in [0.1, 0.15) is 22.8 Å². The predicted molar refractivity (Wildman–Crippen MR) is 147 cm³/mol. The topological polar surface area (TPSA) is 220 Å². The van der Waals surface area contributed by atoms with Gasteiger partial charge in [-0.25, -0.2) is 0 Å². The molecule has 0 aliphatic heterocycles. The molecule has 5 rings (SSSR count). The van der Waals surface area contributed by atoms with E-state index in [9.17, 15) is 39.6 Å². The van der Waals surface area contributed by atoms with Gasteiger partial charge in [0, 0.05) is 43.4 Å². The van der Waals surface area contributed by atoms with Crippen molar-refractivity contribution in [3.05, 3.63) is 39.7 Å². The third kappa shape index (κ3) is 4.02. The van der Waals surface area contributed by atoms with E-state index in [0.29, 0.717) is 24.1 Å². The van der Waals surface area contributed by atoms with Crippen LogP contribution in [0.2, 0.25) is 0 Å². The molecule has 0 aromatic heterocycles. The number of fused-ring (bicyclic) bond motifs is 3. The summed E-state index contributed by atoms with van der Waals surface area (Å²) in [5.74, 6) is -7.48. The lowest BCUT2D eigenvalue weighted by Gasteiger charge is -2.50. The highest BCUT2D eigenvalue weighted by Crippen LogP contribution is 2.54. The number of Topliss-reactive ketones (excluding diaryl/α,β-unsaturated/α-hetero) is 2. The number of hydrogen-bond donors (Lipinski definition) is 7. The number of nitrogens with zero attached hydrogens (tertiary/aromatic N) is 2. The number of ketones is 2. The molecule has 1 aromatic rings. The van der Waals surface area contributed by atoms with Crippen molar-refractivity contribution in [2.45, 2.75) is 49.4 Å². The Morgan fingerprint density at radius 1 is 1.12 bits per heavy atom. The van der Waals surface area contributed by atoms with Gasteiger partial charge < -0.3 is 42.1 Å². The Morgan fingerprint density at radius 3 is 2.29 bits per heavy atom. The van der Waals surface area contributed by atoms with Crippen molar-refractivity contribution in [3.8, 4) is 5.75 Å². The van der Waals surface area contributed by atoms with E-state index in [0.717, 1.165) is 0 Å². The van der Waals surface area contributed by atoms with Crippen molar-refractivity contribution >= 4 is 34.8 Å². The summed E-state index contributed by atoms with van der Waals surface area (Å²) >= 11 is 0. The second-order valence-electron chi connectivity index (χ2n) is 12.0. The second kappa shape index (κ2) is 9.29. The minimum absolute atomic E-state index is 0.00418. The number of rotatable bonds is 6. The summed E-state index contributed by atoms with van der Waals surface area (Å²) in [5.41, 5.74) is 7.97. The molecule has 220 valence electrons. The highest BCUT2D eigenvalue weighted by atomic mass is 16.3. The molecule has 0 radical (unpaired) electrons. The number of aliphatic hydroxyl groups excluding tert-OH is 2. The average molecular weight is 570 g/mol. The first-order valence-corrected chi connectivity index (χ1v) is 13.3. The summed E-state index contributed by atoms with van der Waals surface area (Å²) in [6.45, 7) is -0.0954. The van der Waals surface area contributed by atoms with Crippen molar-refractivity contribution < 1.29 is 39.6 Å². The number of phenols is 1. The zero-order chi connectivity index (χ0) is 30.3. The fourth-order valence-electron chi connectivity index (χ4n) is 6.59. The van der Waals surface area contributed by atoms with Crippen LogP contribution in [0.3, 0.4) is 0 Å². The molecule has 0 unspecified atom stereocenters. The standard InChI is InChI=1S/C28H35N5O8/c1-32(2)15-9-12(10-31-26(40)27(30)5-6-27)20(34)17-13(15)7-11-8-14-19(33(3)4)22(36)18(25(29)39)24(38)28(14,41)23(37)16(11)21(17)35/h9,11,14,19,34-35,38,41H,5-8,10,30H2,1-4H3,(H2,29,39)(H,31,40)/t11-,14-,19-,28-/m1/s1. The van der Waals surface area contributed by atoms with Crippen molar-refractivity contribution in [2.75, 3.05) is 33.1 Å². The van der Waals surface area contributed by atoms with Gasteiger partial charge in [-0.15, -0.1) is 0 Å². The van der Waals surface area contributed by atoms with Gasteiger partial charge in [-0.2, -0.15) is 0 Å². The van der Waals surface area contributed by atoms with Crippen LogP contribution >= 0.6 is 0 Å². The number of likely N-dealkylation sites (N-methyl/N-ethyl adjacent to an activating group) is 1. The molecule has 0 spiro atoms. The molecule has 2 amide bonds. The first kappa shape index (κ1) is 28.6. The molecule has 41 heavy (non-hydrogen) atoms. The summed E-state index contributed by atoms with van der Waals surface area (Å²) in [5, 5.41) is 48.3. The Labute approximate surface area is 236 Å². The fourth-order valence-corrected chi connectivity index (χ4v) is 6.59. The van der Waals surface area contributed by atoms with Crippen molar-refractivity contribution in [2.24, 2.45) is 23.3 Å². The Kier molecular flexibility index (Phi) is 6.48. The lowest BCUT2D eigenvalue weighted by atomic mass is 9.57. The first-order valence-electron chi connectivity index (χ1n) is 13.3. The summed E-state index contributed by atoms with van der Waals surface area (Å²) < 4.78 is 0. The zero-order valence-corrected chi connectivity index (χ0v) is 23.3. The maximum atomic E-state index is 14.0. The number of aromatic hydroxyl groups is 1. The highest BCUT2D eigenvalue weighted by molar-refractivity contribution is 6.24. The number of aliphatic hydroxyl groups is 3. The molecular weight excluding hydrogens is 534 g/mol. The Hall–Kier alpha value is -3.94. The number of benzene rings is 1. The van der Waals surface area contributed by atoms with Crippen molar-refractivity contribution in [3.63, 3.8) is 0 Å². The normalized spacial score (nSPS) is 28.2. The van der Waals surface area contributed by atoms with Crippen LogP contribution in [-0.4, -0.2) is 94.1 Å². The van der Waals surface area contributed by atoms with E-state index in [1.54, 1.807) is 39.2 Å². The third-order valence-electron chi connectivity index (χ3n) is 8.94. The number of hydrogen-bond acceptors (Lipinski definition) is 11. The van der Waals surface area contributed by atoms with E-state index in [1.807, 2.05) is 0 Å². The molecule has 0 bridgehead atoms. The molecule has 4 aliphatic rings. The number of amides is 2. The van der Waals surface area contributed by atoms with Crippen LogP contribution in [-0.2, 0) is 32.1 Å². The SMILES string of the molecule is CN(C)c1cc(CNC(=O)C2(N)CC2)c(O)c2c1C[C@@H]1C[C@@H]3[C@@H](N(C)C)C(=O)C(C(N)=O)=C(O)[C@]3(O)C(=O)C1=C2O. The van der Waals surface area contributed by atoms with Crippen LogP contribution in [0.15, 0.2) is 23.0 Å². The largest absolute Gasteiger partial charge is 0.508 e. The number of nitrogens with two attached hydrogens (primary N) is 2. The molecule has 4 atom stereocenters. The van der Waals surface area contributed by atoms with E-state index >= 15 is 0 Å². The van der Waals surface area contributed by atoms with Crippen LogP contribution in [0, 0.1) is 11.8 Å². The number of anilines is 1. The lowest BCUT2D eigenvalue weighted by molar-refractivity contribution is -0.153. The van der Waals surface area contributed by atoms with Gasteiger partial charge in [0.05, 0.1) is 17.1 Å². The predicted octanol–water partition coefficient (Wildman–Crippen LogP) is -0.862. The summed E-state index contributed by atoms with van der Waals surface area (Å²) in [6.07, 6.45) is 1.26. The van der Waals surface area contributed by atoms with Crippen LogP contribution in [0.25, 0.3) is 5.76 Å². The Morgan fingerprint density at radius 2 is 1.76 bits per heavy atom. The molecular formula is C28H35N5O8. The molecule has 1 aromatic carbocycles. The molecule has 9 N–H and O–H groups in total. The van der Waals surface area contributed by atoms with Gasteiger partial charge in [-0.3, -0.25) is 24.1 Å². The number of carbonyl (C=O) groups is 4. The maximum absolute atomic E-state index is 14.0. The van der Waals surface area contributed by atoms with Crippen LogP contribution in [0.4, 0.5) is 5.69 Å². The van der Waals surface area contributed by atoms with E-state index < -0.39 is 63.6 Å². The fraction of sp³-hybridized carbons (Fsp3) is 0.500. The minimum Gasteiger partial charge on any atom is -0.508 e. The molecule has 13 nitrogen and oxygen atoms in total. The second-order valence-corrected chi connectivity index (χ2v) is 12.0. The maximum Gasteiger partial charge on any atom is 0.255 e. The van der Waals surface area contributed by atoms with Gasteiger partial charge in [-0.05, 0) is 57.3 Å². The zero-order valence-electron chi connectivity index (χ0n) is 23.3. The van der Waals surface area contributed by atoms with Gasteiger partial charge in [0.25, 0.3) is 5.91 Å². The molecule has 0 heterocycles. The Balaban J connectivity index is 1.66. The summed E-state index contributed by atoms with van der Waals surface area (Å²) in [4.78, 5) is 55.1. The molecule has 4 aliphatic carbocycles. The quantitative estimate of drug-likeness (QED) is 0.209. The smallest absolute Gasteiger partial charge is 0.255 e. The van der Waals surface area contributed by atoms with E-state index in [1.165, 1.54) is 4.90 Å². The summed E-state index contributed by atoms with van der Waals surface area (Å²) in [6, 6.07) is 0.530. The van der Waals surface area contributed by atoms with Crippen molar-refractivity contribution in [1.29, 1.82) is 0 Å². The van der Waals surface area contributed by atoms with E-state index in [4.69, 9.17) is 11.5 Å². The average Bonchev–Trinajstić information content (AvgIpc) is 3.63. The molecule has 2 saturated carbocycles. The lowest BCUT2D eigenvalue weighted by Crippen LogP contribution is -2.65. The molecule has 0 saturated heterocycles. The number of nitrogens with one attached hydrogen (secondary N) is 1. The first-order chi connectivity index (χ1) is 19.1. The molecule has 2 fully saturated rings. The van der Waals surface area contributed by atoms with Gasteiger partial charge in [0.2, 0.25) is 11.7 Å². The third-order valence-corrected chi connectivity index (χ3v) is 8.94. The van der Waals surface area contributed by atoms with E-state index in [2.05, 4.69) is 5.32 Å². The monoisotopic (exact) mass is 569 g/mol. The van der Waals surface area contributed by atoms with Crippen LogP contribution < -0.4 is 21.7 Å². The number of carbonyl (C=O) groups excluding carboxylic acids is 4.